The van der Waals surface area contributed by atoms with Crippen LogP contribution in [-0.2, 0) is 4.79 Å². The molecular formula is C6H10O2S2. The predicted octanol–water partition coefficient (Wildman–Crippen LogP) is 1.66. The van der Waals surface area contributed by atoms with Gasteiger partial charge in [0.15, 0.2) is 0 Å². The van der Waals surface area contributed by atoms with E-state index in [1.54, 1.807) is 23.5 Å². The molecule has 2 nitrogen and oxygen atoms in total. The fourth-order valence-electron chi connectivity index (χ4n) is 0.797. The summed E-state index contributed by atoms with van der Waals surface area (Å²) in [6.45, 7) is 0. The maximum atomic E-state index is 10.2. The van der Waals surface area contributed by atoms with Gasteiger partial charge < -0.3 is 5.11 Å². The molecule has 0 spiro atoms. The minimum atomic E-state index is -0.674. The molecule has 58 valence electrons. The van der Waals surface area contributed by atoms with Crippen molar-refractivity contribution in [1.29, 1.82) is 0 Å². The lowest BCUT2D eigenvalue weighted by Gasteiger charge is -2.18. The van der Waals surface area contributed by atoms with E-state index < -0.39 is 5.97 Å². The lowest BCUT2D eigenvalue weighted by molar-refractivity contribution is -0.136. The summed E-state index contributed by atoms with van der Waals surface area (Å²) in [6.07, 6.45) is 1.54. The van der Waals surface area contributed by atoms with Gasteiger partial charge in [0, 0.05) is 0 Å². The van der Waals surface area contributed by atoms with Gasteiger partial charge in [0.2, 0.25) is 0 Å². The Balaban J connectivity index is 2.19. The zero-order valence-corrected chi connectivity index (χ0v) is 7.21. The molecule has 1 rings (SSSR count). The first-order valence-corrected chi connectivity index (χ1v) is 5.34. The molecule has 1 aliphatic rings. The Hall–Kier alpha value is 0.170. The monoisotopic (exact) mass is 178 g/mol. The van der Waals surface area contributed by atoms with Crippen LogP contribution in [0, 0.1) is 0 Å². The first kappa shape index (κ1) is 8.27. The van der Waals surface area contributed by atoms with Crippen LogP contribution in [0.2, 0.25) is 0 Å². The average Bonchev–Trinajstić information content (AvgIpc) is 1.88. The smallest absolute Gasteiger partial charge is 0.305 e. The summed E-state index contributed by atoms with van der Waals surface area (Å²) in [6, 6.07) is 0. The largest absolute Gasteiger partial charge is 0.481 e. The van der Waals surface area contributed by atoms with E-state index in [1.807, 2.05) is 0 Å². The maximum absolute atomic E-state index is 10.2. The van der Waals surface area contributed by atoms with Gasteiger partial charge in [-0.3, -0.25) is 4.79 Å². The van der Waals surface area contributed by atoms with Crippen molar-refractivity contribution in [1.82, 2.24) is 0 Å². The van der Waals surface area contributed by atoms with Crippen LogP contribution >= 0.6 is 23.5 Å². The van der Waals surface area contributed by atoms with E-state index in [9.17, 15) is 4.79 Å². The second-order valence-corrected chi connectivity index (χ2v) is 5.04. The third-order valence-electron chi connectivity index (χ3n) is 1.24. The van der Waals surface area contributed by atoms with E-state index in [4.69, 9.17) is 5.11 Å². The summed E-state index contributed by atoms with van der Waals surface area (Å²) in [4.78, 5) is 10.2. The molecule has 0 saturated carbocycles. The van der Waals surface area contributed by atoms with Gasteiger partial charge in [-0.05, 0) is 17.9 Å². The highest BCUT2D eigenvalue weighted by atomic mass is 32.2. The number of carboxylic acid groups (broad SMARTS) is 1. The molecule has 0 radical (unpaired) electrons. The molecular weight excluding hydrogens is 168 g/mol. The predicted molar refractivity (Wildman–Crippen MR) is 45.6 cm³/mol. The van der Waals surface area contributed by atoms with Crippen LogP contribution in [-0.4, -0.2) is 27.2 Å². The SMILES string of the molecule is O=C(O)CC1SCCCS1. The molecule has 0 aromatic heterocycles. The van der Waals surface area contributed by atoms with Crippen molar-refractivity contribution in [2.24, 2.45) is 0 Å². The van der Waals surface area contributed by atoms with Crippen LogP contribution in [0.4, 0.5) is 0 Å². The van der Waals surface area contributed by atoms with Crippen molar-refractivity contribution in [2.75, 3.05) is 11.5 Å². The average molecular weight is 178 g/mol. The number of hydrogen-bond acceptors (Lipinski definition) is 3. The topological polar surface area (TPSA) is 37.3 Å². The molecule has 0 atom stereocenters. The molecule has 1 saturated heterocycles. The van der Waals surface area contributed by atoms with Gasteiger partial charge in [-0.1, -0.05) is 0 Å². The lowest BCUT2D eigenvalue weighted by atomic mass is 10.5. The highest BCUT2D eigenvalue weighted by molar-refractivity contribution is 8.17. The number of aliphatic carboxylic acids is 1. The van der Waals surface area contributed by atoms with E-state index in [1.165, 1.54) is 6.42 Å². The van der Waals surface area contributed by atoms with Crippen LogP contribution in [0.15, 0.2) is 0 Å². The van der Waals surface area contributed by atoms with Crippen molar-refractivity contribution in [3.63, 3.8) is 0 Å². The molecule has 0 aromatic carbocycles. The molecule has 0 amide bonds. The Morgan fingerprint density at radius 3 is 2.60 bits per heavy atom. The van der Waals surface area contributed by atoms with Crippen LogP contribution in [0.5, 0.6) is 0 Å². The van der Waals surface area contributed by atoms with E-state index in [-0.39, 0.29) is 0 Å². The molecule has 4 heteroatoms. The fraction of sp³-hybridized carbons (Fsp3) is 0.833. The quantitative estimate of drug-likeness (QED) is 0.697. The standard InChI is InChI=1S/C6H10O2S2/c7-5(8)4-6-9-2-1-3-10-6/h6H,1-4H2,(H,7,8). The van der Waals surface area contributed by atoms with E-state index >= 15 is 0 Å². The molecule has 0 unspecified atom stereocenters. The number of thioether (sulfide) groups is 2. The summed E-state index contributed by atoms with van der Waals surface area (Å²) in [5.41, 5.74) is 0. The lowest BCUT2D eigenvalue weighted by Crippen LogP contribution is -2.11. The van der Waals surface area contributed by atoms with Gasteiger partial charge in [-0.2, -0.15) is 0 Å². The zero-order chi connectivity index (χ0) is 7.40. The van der Waals surface area contributed by atoms with Crippen molar-refractivity contribution in [3.8, 4) is 0 Å². The minimum Gasteiger partial charge on any atom is -0.481 e. The molecule has 10 heavy (non-hydrogen) atoms. The summed E-state index contributed by atoms with van der Waals surface area (Å²) < 4.78 is 0.311. The summed E-state index contributed by atoms with van der Waals surface area (Å²) >= 11 is 3.55. The Kier molecular flexibility index (Phi) is 3.42. The van der Waals surface area contributed by atoms with Crippen LogP contribution in [0.3, 0.4) is 0 Å². The van der Waals surface area contributed by atoms with Gasteiger partial charge in [-0.25, -0.2) is 0 Å². The highest BCUT2D eigenvalue weighted by Crippen LogP contribution is 2.32. The van der Waals surface area contributed by atoms with Crippen molar-refractivity contribution >= 4 is 29.5 Å². The van der Waals surface area contributed by atoms with Crippen molar-refractivity contribution < 1.29 is 9.90 Å². The van der Waals surface area contributed by atoms with E-state index in [0.29, 0.717) is 11.0 Å². The second-order valence-electron chi connectivity index (χ2n) is 2.12. The molecule has 0 aliphatic carbocycles. The molecule has 0 aromatic rings. The third-order valence-corrected chi connectivity index (χ3v) is 4.18. The molecule has 0 bridgehead atoms. The summed E-state index contributed by atoms with van der Waals surface area (Å²) in [5.74, 6) is 1.59. The number of carbonyl (C=O) groups is 1. The van der Waals surface area contributed by atoms with Crippen LogP contribution < -0.4 is 0 Å². The first-order chi connectivity index (χ1) is 4.79. The van der Waals surface area contributed by atoms with E-state index in [0.717, 1.165) is 11.5 Å². The Morgan fingerprint density at radius 1 is 1.50 bits per heavy atom. The van der Waals surface area contributed by atoms with Gasteiger partial charge in [0.05, 0.1) is 11.0 Å². The molecule has 1 aliphatic heterocycles. The first-order valence-electron chi connectivity index (χ1n) is 3.24. The minimum absolute atomic E-state index is 0.311. The number of rotatable bonds is 2. The van der Waals surface area contributed by atoms with Crippen LogP contribution in [0.25, 0.3) is 0 Å². The molecule has 1 fully saturated rings. The summed E-state index contributed by atoms with van der Waals surface area (Å²) in [7, 11) is 0. The molecule has 1 heterocycles. The normalized spacial score (nSPS) is 20.8. The van der Waals surface area contributed by atoms with Gasteiger partial charge in [0.1, 0.15) is 0 Å². The van der Waals surface area contributed by atoms with Crippen LogP contribution in [0.1, 0.15) is 12.8 Å². The number of hydrogen-bond donors (Lipinski definition) is 1. The summed E-state index contributed by atoms with van der Waals surface area (Å²) in [5, 5.41) is 8.44. The second kappa shape index (κ2) is 4.13. The Labute approximate surface area is 68.8 Å². The van der Waals surface area contributed by atoms with Gasteiger partial charge in [-0.15, -0.1) is 23.5 Å². The zero-order valence-electron chi connectivity index (χ0n) is 5.58. The Bertz CT molecular complexity index is 121. The van der Waals surface area contributed by atoms with Gasteiger partial charge in [0.25, 0.3) is 0 Å². The van der Waals surface area contributed by atoms with E-state index in [2.05, 4.69) is 0 Å². The maximum Gasteiger partial charge on any atom is 0.305 e. The number of carboxylic acids is 1. The fourth-order valence-corrected chi connectivity index (χ4v) is 3.61. The highest BCUT2D eigenvalue weighted by Gasteiger charge is 2.16. The molecule has 1 N–H and O–H groups in total. The van der Waals surface area contributed by atoms with Gasteiger partial charge >= 0.3 is 5.97 Å². The van der Waals surface area contributed by atoms with Crippen molar-refractivity contribution in [3.05, 3.63) is 0 Å². The third kappa shape index (κ3) is 2.84. The Morgan fingerprint density at radius 2 is 2.10 bits per heavy atom. The van der Waals surface area contributed by atoms with Crippen molar-refractivity contribution in [2.45, 2.75) is 17.4 Å².